The van der Waals surface area contributed by atoms with Crippen molar-refractivity contribution in [2.24, 2.45) is 0 Å². The molecule has 0 amide bonds. The third kappa shape index (κ3) is 3.57. The molecule has 0 radical (unpaired) electrons. The van der Waals surface area contributed by atoms with E-state index >= 15 is 0 Å². The van der Waals surface area contributed by atoms with Gasteiger partial charge in [0, 0.05) is 27.1 Å². The van der Waals surface area contributed by atoms with E-state index in [1.807, 2.05) is 36.4 Å². The van der Waals surface area contributed by atoms with Gasteiger partial charge in [0.25, 0.3) is 0 Å². The Bertz CT molecular complexity index is 1050. The number of hydrogen-bond acceptors (Lipinski definition) is 3. The summed E-state index contributed by atoms with van der Waals surface area (Å²) >= 11 is 7.59. The van der Waals surface area contributed by atoms with Crippen LogP contribution in [-0.4, -0.2) is 10.2 Å². The molecule has 2 nitrogen and oxygen atoms in total. The minimum Gasteiger partial charge on any atom is -0.207 e. The van der Waals surface area contributed by atoms with Crippen LogP contribution in [0.25, 0.3) is 22.0 Å². The van der Waals surface area contributed by atoms with Gasteiger partial charge in [0.15, 0.2) is 0 Å². The van der Waals surface area contributed by atoms with Crippen LogP contribution >= 0.6 is 23.4 Å². The first-order valence-electron chi connectivity index (χ1n) is 8.09. The van der Waals surface area contributed by atoms with Crippen molar-refractivity contribution in [2.75, 3.05) is 0 Å². The van der Waals surface area contributed by atoms with Crippen molar-refractivity contribution in [1.82, 2.24) is 10.2 Å². The summed E-state index contributed by atoms with van der Waals surface area (Å²) in [7, 11) is 0. The molecule has 0 N–H and O–H groups in total. The predicted octanol–water partition coefficient (Wildman–Crippen LogP) is 6.38. The average molecular weight is 381 g/mol. The molecule has 0 aliphatic rings. The zero-order valence-corrected chi connectivity index (χ0v) is 15.3. The van der Waals surface area contributed by atoms with Crippen molar-refractivity contribution in [3.05, 3.63) is 89.2 Å². The van der Waals surface area contributed by atoms with Gasteiger partial charge in [-0.05, 0) is 29.8 Å². The van der Waals surface area contributed by atoms with Crippen molar-refractivity contribution >= 4 is 34.1 Å². The van der Waals surface area contributed by atoms with Gasteiger partial charge >= 0.3 is 0 Å². The Morgan fingerprint density at radius 3 is 2.23 bits per heavy atom. The number of aromatic nitrogens is 2. The minimum absolute atomic E-state index is 0.226. The molecular formula is C21H14ClFN2S. The molecular weight excluding hydrogens is 367 g/mol. The van der Waals surface area contributed by atoms with Crippen molar-refractivity contribution in [1.29, 1.82) is 0 Å². The molecule has 3 aromatic carbocycles. The van der Waals surface area contributed by atoms with Gasteiger partial charge in [-0.3, -0.25) is 0 Å². The fourth-order valence-electron chi connectivity index (χ4n) is 2.74. The lowest BCUT2D eigenvalue weighted by Crippen LogP contribution is -1.94. The summed E-state index contributed by atoms with van der Waals surface area (Å²) in [5, 5.41) is 12.6. The highest BCUT2D eigenvalue weighted by Gasteiger charge is 2.11. The molecule has 0 saturated heterocycles. The van der Waals surface area contributed by atoms with Gasteiger partial charge in [-0.1, -0.05) is 71.9 Å². The molecule has 0 aliphatic heterocycles. The quantitative estimate of drug-likeness (QED) is 0.384. The van der Waals surface area contributed by atoms with Gasteiger partial charge in [-0.2, -0.15) is 0 Å². The second kappa shape index (κ2) is 7.44. The van der Waals surface area contributed by atoms with Crippen LogP contribution in [-0.2, 0) is 5.75 Å². The third-order valence-corrected chi connectivity index (χ3v) is 5.36. The lowest BCUT2D eigenvalue weighted by atomic mass is 10.1. The number of hydrogen-bond donors (Lipinski definition) is 0. The van der Waals surface area contributed by atoms with Crippen molar-refractivity contribution in [2.45, 2.75) is 10.8 Å². The Labute approximate surface area is 160 Å². The summed E-state index contributed by atoms with van der Waals surface area (Å²) < 4.78 is 13.1. The SMILES string of the molecule is Fc1ccc(CSc2nnc(-c3ccc(Cl)cc3)c3ccccc23)cc1. The summed E-state index contributed by atoms with van der Waals surface area (Å²) in [6.07, 6.45) is 0. The summed E-state index contributed by atoms with van der Waals surface area (Å²) in [4.78, 5) is 0. The first-order chi connectivity index (χ1) is 12.7. The number of halogens is 2. The maximum Gasteiger partial charge on any atom is 0.127 e. The smallest absolute Gasteiger partial charge is 0.127 e. The highest BCUT2D eigenvalue weighted by molar-refractivity contribution is 7.98. The fourth-order valence-corrected chi connectivity index (χ4v) is 3.79. The Kier molecular flexibility index (Phi) is 4.87. The summed E-state index contributed by atoms with van der Waals surface area (Å²) in [6, 6.07) is 22.2. The van der Waals surface area contributed by atoms with Crippen LogP contribution in [0.5, 0.6) is 0 Å². The molecule has 26 heavy (non-hydrogen) atoms. The number of fused-ring (bicyclic) bond motifs is 1. The highest BCUT2D eigenvalue weighted by atomic mass is 35.5. The zero-order chi connectivity index (χ0) is 17.9. The van der Waals surface area contributed by atoms with Crippen LogP contribution in [0.3, 0.4) is 0 Å². The van der Waals surface area contributed by atoms with E-state index in [9.17, 15) is 4.39 Å². The van der Waals surface area contributed by atoms with Crippen molar-refractivity contribution < 1.29 is 4.39 Å². The minimum atomic E-state index is -0.226. The van der Waals surface area contributed by atoms with E-state index in [2.05, 4.69) is 22.3 Å². The van der Waals surface area contributed by atoms with E-state index < -0.39 is 0 Å². The number of benzene rings is 3. The van der Waals surface area contributed by atoms with Crippen LogP contribution in [0.2, 0.25) is 5.02 Å². The van der Waals surface area contributed by atoms with Crippen LogP contribution in [0.1, 0.15) is 5.56 Å². The summed E-state index contributed by atoms with van der Waals surface area (Å²) in [6.45, 7) is 0. The first kappa shape index (κ1) is 17.0. The van der Waals surface area contributed by atoms with Crippen LogP contribution < -0.4 is 0 Å². The molecule has 4 aromatic rings. The van der Waals surface area contributed by atoms with E-state index in [0.29, 0.717) is 10.8 Å². The average Bonchev–Trinajstić information content (AvgIpc) is 2.68. The first-order valence-corrected chi connectivity index (χ1v) is 9.46. The molecule has 0 atom stereocenters. The Hall–Kier alpha value is -2.43. The molecule has 0 saturated carbocycles. The van der Waals surface area contributed by atoms with Gasteiger partial charge in [0.2, 0.25) is 0 Å². The molecule has 4 rings (SSSR count). The molecule has 0 fully saturated rings. The molecule has 0 aliphatic carbocycles. The van der Waals surface area contributed by atoms with Gasteiger partial charge in [0.1, 0.15) is 16.5 Å². The Balaban J connectivity index is 1.69. The lowest BCUT2D eigenvalue weighted by molar-refractivity contribution is 0.627. The number of thioether (sulfide) groups is 1. The second-order valence-corrected chi connectivity index (χ2v) is 7.22. The highest BCUT2D eigenvalue weighted by Crippen LogP contribution is 2.33. The van der Waals surface area contributed by atoms with Gasteiger partial charge < -0.3 is 0 Å². The maximum atomic E-state index is 13.1. The summed E-state index contributed by atoms with van der Waals surface area (Å²) in [5.74, 6) is 0.482. The number of rotatable bonds is 4. The van der Waals surface area contributed by atoms with Crippen molar-refractivity contribution in [3.8, 4) is 11.3 Å². The number of nitrogens with zero attached hydrogens (tertiary/aromatic N) is 2. The molecule has 0 unspecified atom stereocenters. The van der Waals surface area contributed by atoms with E-state index in [1.165, 1.54) is 12.1 Å². The van der Waals surface area contributed by atoms with Crippen LogP contribution in [0.4, 0.5) is 4.39 Å². The van der Waals surface area contributed by atoms with Gasteiger partial charge in [-0.15, -0.1) is 10.2 Å². The zero-order valence-electron chi connectivity index (χ0n) is 13.7. The topological polar surface area (TPSA) is 25.8 Å². The molecule has 1 aromatic heterocycles. The Morgan fingerprint density at radius 2 is 1.50 bits per heavy atom. The van der Waals surface area contributed by atoms with Gasteiger partial charge in [-0.25, -0.2) is 4.39 Å². The predicted molar refractivity (Wildman–Crippen MR) is 106 cm³/mol. The van der Waals surface area contributed by atoms with Crippen molar-refractivity contribution in [3.63, 3.8) is 0 Å². The molecule has 0 bridgehead atoms. The Morgan fingerprint density at radius 1 is 0.808 bits per heavy atom. The lowest BCUT2D eigenvalue weighted by Gasteiger charge is -2.09. The van der Waals surface area contributed by atoms with E-state index in [0.717, 1.165) is 32.6 Å². The summed E-state index contributed by atoms with van der Waals surface area (Å²) in [5.41, 5.74) is 2.86. The molecule has 128 valence electrons. The largest absolute Gasteiger partial charge is 0.207 e. The monoisotopic (exact) mass is 380 g/mol. The standard InChI is InChI=1S/C21H14ClFN2S/c22-16-9-7-15(8-10-16)20-18-3-1-2-4-19(18)21(25-24-20)26-13-14-5-11-17(23)12-6-14/h1-12H,13H2. The molecule has 1 heterocycles. The third-order valence-electron chi connectivity index (χ3n) is 4.06. The molecule has 0 spiro atoms. The van der Waals surface area contributed by atoms with E-state index in [-0.39, 0.29) is 5.82 Å². The second-order valence-electron chi connectivity index (χ2n) is 5.82. The molecule has 5 heteroatoms. The van der Waals surface area contributed by atoms with Crippen LogP contribution in [0, 0.1) is 5.82 Å². The van der Waals surface area contributed by atoms with E-state index in [1.54, 1.807) is 23.9 Å². The normalized spacial score (nSPS) is 11.0. The fraction of sp³-hybridized carbons (Fsp3) is 0.0476. The van der Waals surface area contributed by atoms with Gasteiger partial charge in [0.05, 0.1) is 0 Å². The van der Waals surface area contributed by atoms with Crippen LogP contribution in [0.15, 0.2) is 77.8 Å². The maximum absolute atomic E-state index is 13.1. The van der Waals surface area contributed by atoms with E-state index in [4.69, 9.17) is 11.6 Å².